The highest BCUT2D eigenvalue weighted by atomic mass is 19.1. The van der Waals surface area contributed by atoms with E-state index in [9.17, 15) is 23.5 Å². The van der Waals surface area contributed by atoms with Crippen LogP contribution in [0.2, 0.25) is 0 Å². The quantitative estimate of drug-likeness (QED) is 0.822. The minimum atomic E-state index is -1.18. The van der Waals surface area contributed by atoms with Crippen LogP contribution >= 0.6 is 0 Å². The van der Waals surface area contributed by atoms with Crippen molar-refractivity contribution in [2.45, 2.75) is 32.1 Å². The zero-order chi connectivity index (χ0) is 21.1. The maximum Gasteiger partial charge on any atom is 0.343 e. The smallest absolute Gasteiger partial charge is 0.343 e. The fourth-order valence-corrected chi connectivity index (χ4v) is 3.58. The molecule has 1 aliphatic heterocycles. The van der Waals surface area contributed by atoms with Crippen LogP contribution in [0.3, 0.4) is 0 Å². The highest BCUT2D eigenvalue weighted by molar-refractivity contribution is 5.91. The van der Waals surface area contributed by atoms with Gasteiger partial charge in [-0.1, -0.05) is 6.07 Å². The first-order chi connectivity index (χ1) is 13.8. The largest absolute Gasteiger partial charge is 0.480 e. The first-order valence-corrected chi connectivity index (χ1v) is 9.18. The highest BCUT2D eigenvalue weighted by Crippen LogP contribution is 2.32. The van der Waals surface area contributed by atoms with Gasteiger partial charge in [0, 0.05) is 24.6 Å². The van der Waals surface area contributed by atoms with Crippen molar-refractivity contribution in [2.24, 2.45) is 0 Å². The fourth-order valence-electron chi connectivity index (χ4n) is 3.58. The van der Waals surface area contributed by atoms with E-state index < -0.39 is 17.6 Å². The van der Waals surface area contributed by atoms with Gasteiger partial charge in [-0.25, -0.2) is 18.6 Å². The molecule has 1 aliphatic rings. The molecule has 1 aromatic heterocycles. The van der Waals surface area contributed by atoms with Crippen LogP contribution in [0.5, 0.6) is 5.88 Å². The number of carboxylic acid groups (broad SMARTS) is 1. The number of ether oxygens (including phenoxy) is 1. The Balaban J connectivity index is 1.73. The van der Waals surface area contributed by atoms with E-state index in [4.69, 9.17) is 4.74 Å². The van der Waals surface area contributed by atoms with Gasteiger partial charge >= 0.3 is 5.97 Å². The molecular weight excluding hydrogens is 384 g/mol. The van der Waals surface area contributed by atoms with E-state index in [-0.39, 0.29) is 35.3 Å². The van der Waals surface area contributed by atoms with Gasteiger partial charge in [-0.15, -0.1) is 0 Å². The Bertz CT molecular complexity index is 923. The van der Waals surface area contributed by atoms with Gasteiger partial charge in [-0.2, -0.15) is 4.98 Å². The average Bonchev–Trinajstić information content (AvgIpc) is 2.69. The van der Waals surface area contributed by atoms with E-state index in [0.717, 1.165) is 12.1 Å². The van der Waals surface area contributed by atoms with Crippen LogP contribution in [0, 0.1) is 18.6 Å². The molecule has 154 valence electrons. The number of carbonyl (C=O) groups is 2. The maximum atomic E-state index is 13.8. The van der Waals surface area contributed by atoms with Crippen LogP contribution in [-0.2, 0) is 11.2 Å². The van der Waals surface area contributed by atoms with Crippen LogP contribution in [0.25, 0.3) is 0 Å². The summed E-state index contributed by atoms with van der Waals surface area (Å²) in [4.78, 5) is 34.1. The Morgan fingerprint density at radius 2 is 1.83 bits per heavy atom. The van der Waals surface area contributed by atoms with E-state index in [1.54, 1.807) is 6.92 Å². The summed E-state index contributed by atoms with van der Waals surface area (Å²) in [6.07, 6.45) is 0.598. The predicted molar refractivity (Wildman–Crippen MR) is 98.9 cm³/mol. The Kier molecular flexibility index (Phi) is 6.05. The van der Waals surface area contributed by atoms with Crippen molar-refractivity contribution in [2.75, 3.05) is 20.2 Å². The summed E-state index contributed by atoms with van der Waals surface area (Å²) in [6, 6.07) is 3.49. The third kappa shape index (κ3) is 4.33. The number of methoxy groups -OCH3 is 1. The van der Waals surface area contributed by atoms with Gasteiger partial charge in [0.2, 0.25) is 11.8 Å². The molecule has 1 saturated heterocycles. The first-order valence-electron chi connectivity index (χ1n) is 9.18. The van der Waals surface area contributed by atoms with Crippen molar-refractivity contribution in [3.63, 3.8) is 0 Å². The van der Waals surface area contributed by atoms with E-state index >= 15 is 0 Å². The van der Waals surface area contributed by atoms with Crippen LogP contribution < -0.4 is 4.74 Å². The molecular formula is C20H21F2N3O4. The third-order valence-corrected chi connectivity index (χ3v) is 5.05. The molecule has 29 heavy (non-hydrogen) atoms. The van der Waals surface area contributed by atoms with Crippen molar-refractivity contribution >= 4 is 11.9 Å². The molecule has 1 N–H and O–H groups in total. The predicted octanol–water partition coefficient (Wildman–Crippen LogP) is 2.72. The molecule has 0 aliphatic carbocycles. The van der Waals surface area contributed by atoms with Crippen molar-refractivity contribution in [1.29, 1.82) is 0 Å². The number of amides is 1. The number of nitrogens with zero attached hydrogens (tertiary/aromatic N) is 3. The van der Waals surface area contributed by atoms with E-state index in [1.165, 1.54) is 18.1 Å². The van der Waals surface area contributed by atoms with Gasteiger partial charge in [-0.3, -0.25) is 4.79 Å². The molecule has 3 rings (SSSR count). The van der Waals surface area contributed by atoms with Gasteiger partial charge in [0.05, 0.1) is 19.2 Å². The lowest BCUT2D eigenvalue weighted by molar-refractivity contribution is -0.131. The molecule has 2 aromatic rings. The normalized spacial score (nSPS) is 14.7. The van der Waals surface area contributed by atoms with Crippen LogP contribution in [0.15, 0.2) is 18.2 Å². The van der Waals surface area contributed by atoms with Crippen LogP contribution in [0.1, 0.15) is 46.2 Å². The Labute approximate surface area is 166 Å². The van der Waals surface area contributed by atoms with Gasteiger partial charge in [0.15, 0.2) is 0 Å². The van der Waals surface area contributed by atoms with E-state index in [2.05, 4.69) is 9.97 Å². The number of benzene rings is 1. The molecule has 1 fully saturated rings. The topological polar surface area (TPSA) is 92.6 Å². The minimum Gasteiger partial charge on any atom is -0.480 e. The number of hydrogen-bond acceptors (Lipinski definition) is 5. The molecule has 0 radical (unpaired) electrons. The molecule has 2 heterocycles. The SMILES string of the molecule is COc1nc(C)nc(C2CCN(C(=O)Cc3c(F)cccc3F)CC2)c1C(=O)O. The zero-order valence-corrected chi connectivity index (χ0v) is 16.1. The second-order valence-corrected chi connectivity index (χ2v) is 6.88. The molecule has 0 spiro atoms. The molecule has 1 amide bonds. The number of halogens is 2. The molecule has 0 atom stereocenters. The van der Waals surface area contributed by atoms with Gasteiger partial charge in [0.25, 0.3) is 0 Å². The van der Waals surface area contributed by atoms with Crippen molar-refractivity contribution in [1.82, 2.24) is 14.9 Å². The number of aromatic carboxylic acids is 1. The standard InChI is InChI=1S/C20H21F2N3O4/c1-11-23-18(17(20(27)28)19(24-11)29-2)12-6-8-25(9-7-12)16(26)10-13-14(21)4-3-5-15(13)22/h3-5,12H,6-10H2,1-2H3,(H,27,28). The number of piperidine rings is 1. The summed E-state index contributed by atoms with van der Waals surface area (Å²) in [5, 5.41) is 9.56. The summed E-state index contributed by atoms with van der Waals surface area (Å²) in [7, 11) is 1.35. The zero-order valence-electron chi connectivity index (χ0n) is 16.1. The fraction of sp³-hybridized carbons (Fsp3) is 0.400. The molecule has 9 heteroatoms. The Morgan fingerprint density at radius 3 is 2.38 bits per heavy atom. The van der Waals surface area contributed by atoms with E-state index in [1.807, 2.05) is 0 Å². The van der Waals surface area contributed by atoms with Crippen molar-refractivity contribution in [3.8, 4) is 5.88 Å². The average molecular weight is 405 g/mol. The molecule has 0 saturated carbocycles. The second kappa shape index (κ2) is 8.50. The third-order valence-electron chi connectivity index (χ3n) is 5.05. The number of aryl methyl sites for hydroxylation is 1. The summed E-state index contributed by atoms with van der Waals surface area (Å²) < 4.78 is 32.7. The van der Waals surface area contributed by atoms with Crippen LogP contribution in [-0.4, -0.2) is 52.1 Å². The maximum absolute atomic E-state index is 13.8. The summed E-state index contributed by atoms with van der Waals surface area (Å²) in [5.41, 5.74) is 0.0642. The number of hydrogen-bond donors (Lipinski definition) is 1. The Morgan fingerprint density at radius 1 is 1.21 bits per heavy atom. The van der Waals surface area contributed by atoms with E-state index in [0.29, 0.717) is 37.4 Å². The van der Waals surface area contributed by atoms with Gasteiger partial charge < -0.3 is 14.7 Å². The lowest BCUT2D eigenvalue weighted by Gasteiger charge is -2.32. The summed E-state index contributed by atoms with van der Waals surface area (Å²) in [6.45, 7) is 2.33. The number of carbonyl (C=O) groups excluding carboxylic acids is 1. The highest BCUT2D eigenvalue weighted by Gasteiger charge is 2.31. The molecule has 7 nitrogen and oxygen atoms in total. The van der Waals surface area contributed by atoms with Crippen LogP contribution in [0.4, 0.5) is 8.78 Å². The first kappa shape index (κ1) is 20.6. The number of rotatable bonds is 5. The second-order valence-electron chi connectivity index (χ2n) is 6.88. The van der Waals surface area contributed by atoms with Gasteiger partial charge in [0.1, 0.15) is 23.0 Å². The summed E-state index contributed by atoms with van der Waals surface area (Å²) in [5.74, 6) is -2.83. The number of aromatic nitrogens is 2. The lowest BCUT2D eigenvalue weighted by Crippen LogP contribution is -2.39. The Hall–Kier alpha value is -3.10. The van der Waals surface area contributed by atoms with Crippen molar-refractivity contribution in [3.05, 3.63) is 52.5 Å². The summed E-state index contributed by atoms with van der Waals surface area (Å²) >= 11 is 0. The molecule has 0 unspecified atom stereocenters. The van der Waals surface area contributed by atoms with Crippen molar-refractivity contribution < 1.29 is 28.2 Å². The molecule has 0 bridgehead atoms. The van der Waals surface area contributed by atoms with Gasteiger partial charge in [-0.05, 0) is 31.9 Å². The number of carboxylic acids is 1. The number of likely N-dealkylation sites (tertiary alicyclic amines) is 1. The monoisotopic (exact) mass is 405 g/mol. The lowest BCUT2D eigenvalue weighted by atomic mass is 9.90. The minimum absolute atomic E-state index is 0.00790. The molecule has 1 aromatic carbocycles.